The van der Waals surface area contributed by atoms with Gasteiger partial charge in [0.25, 0.3) is 11.8 Å². The number of hydrogen-bond donors (Lipinski definition) is 2. The highest BCUT2D eigenvalue weighted by molar-refractivity contribution is 6.31. The summed E-state index contributed by atoms with van der Waals surface area (Å²) in [6.45, 7) is 2.33. The standard InChI is InChI=1S/C28H21ClF5N5O3/c1-14(40)13-39-23(15(2)20-12-18(30)6-7-21(20)29)24(37-25(39)27(42)36-22-5-3-4-8-35-22)38-26(41)16-9-17(28(32,33)34)11-19(31)10-16/h3-12,15H,13H2,1-2H3,(H,38,41)(H,35,36,42)/t15-/m0/s1. The van der Waals surface area contributed by atoms with Gasteiger partial charge in [-0.15, -0.1) is 0 Å². The van der Waals surface area contributed by atoms with Crippen LogP contribution in [0.5, 0.6) is 0 Å². The van der Waals surface area contributed by atoms with Gasteiger partial charge >= 0.3 is 6.18 Å². The van der Waals surface area contributed by atoms with Gasteiger partial charge < -0.3 is 15.2 Å². The molecule has 2 amide bonds. The monoisotopic (exact) mass is 605 g/mol. The second-order valence-corrected chi connectivity index (χ2v) is 9.60. The summed E-state index contributed by atoms with van der Waals surface area (Å²) in [7, 11) is 0. The number of hydrogen-bond acceptors (Lipinski definition) is 5. The molecule has 4 rings (SSSR count). The minimum Gasteiger partial charge on any atom is -0.314 e. The van der Waals surface area contributed by atoms with Crippen molar-refractivity contribution in [3.05, 3.63) is 106 Å². The molecular weight excluding hydrogens is 585 g/mol. The van der Waals surface area contributed by atoms with Crippen LogP contribution < -0.4 is 10.6 Å². The van der Waals surface area contributed by atoms with E-state index in [1.807, 2.05) is 0 Å². The maximum atomic E-state index is 14.2. The molecule has 8 nitrogen and oxygen atoms in total. The first kappa shape index (κ1) is 30.3. The van der Waals surface area contributed by atoms with Crippen LogP contribution in [-0.4, -0.2) is 32.1 Å². The number of carbonyl (C=O) groups is 3. The van der Waals surface area contributed by atoms with Crippen LogP contribution in [0.4, 0.5) is 33.6 Å². The molecule has 2 heterocycles. The largest absolute Gasteiger partial charge is 0.416 e. The molecule has 0 bridgehead atoms. The lowest BCUT2D eigenvalue weighted by Crippen LogP contribution is -2.22. The molecule has 0 unspecified atom stereocenters. The molecule has 0 aliphatic carbocycles. The Morgan fingerprint density at radius 1 is 0.976 bits per heavy atom. The summed E-state index contributed by atoms with van der Waals surface area (Å²) in [4.78, 5) is 46.9. The van der Waals surface area contributed by atoms with Gasteiger partial charge in [0.15, 0.2) is 5.82 Å². The van der Waals surface area contributed by atoms with Crippen molar-refractivity contribution < 1.29 is 36.3 Å². The zero-order valence-corrected chi connectivity index (χ0v) is 22.6. The van der Waals surface area contributed by atoms with Crippen LogP contribution in [0.15, 0.2) is 60.8 Å². The number of imidazole rings is 1. The normalized spacial score (nSPS) is 12.1. The summed E-state index contributed by atoms with van der Waals surface area (Å²) in [6, 6.07) is 9.48. The minimum atomic E-state index is -4.94. The SMILES string of the molecule is CC(=O)Cn1c(C(=O)Nc2ccccn2)nc(NC(=O)c2cc(F)cc(C(F)(F)F)c2)c1[C@@H](C)c1cc(F)ccc1Cl. The number of alkyl halides is 3. The highest BCUT2D eigenvalue weighted by Crippen LogP contribution is 2.36. The molecule has 0 fully saturated rings. The smallest absolute Gasteiger partial charge is 0.314 e. The Bertz CT molecular complexity index is 1670. The number of Topliss-reactive ketones (excluding diaryl/α,β-unsaturated/α-hetero) is 1. The van der Waals surface area contributed by atoms with Crippen LogP contribution >= 0.6 is 11.6 Å². The van der Waals surface area contributed by atoms with Crippen molar-refractivity contribution in [3.63, 3.8) is 0 Å². The Morgan fingerprint density at radius 2 is 1.71 bits per heavy atom. The molecule has 0 aliphatic rings. The van der Waals surface area contributed by atoms with E-state index in [2.05, 4.69) is 20.6 Å². The molecule has 2 N–H and O–H groups in total. The summed E-state index contributed by atoms with van der Waals surface area (Å²) in [5, 5.41) is 4.94. The number of ketones is 1. The highest BCUT2D eigenvalue weighted by Gasteiger charge is 2.33. The average molecular weight is 606 g/mol. The van der Waals surface area contributed by atoms with Gasteiger partial charge in [0, 0.05) is 22.7 Å². The second kappa shape index (κ2) is 12.1. The van der Waals surface area contributed by atoms with Crippen molar-refractivity contribution in [2.75, 3.05) is 10.6 Å². The number of amides is 2. The Kier molecular flexibility index (Phi) is 8.71. The molecule has 218 valence electrons. The Balaban J connectivity index is 1.87. The van der Waals surface area contributed by atoms with Gasteiger partial charge in [-0.1, -0.05) is 24.6 Å². The molecule has 0 aliphatic heterocycles. The Labute approximate surface area is 240 Å². The third kappa shape index (κ3) is 6.79. The van der Waals surface area contributed by atoms with Gasteiger partial charge in [0.05, 0.1) is 17.8 Å². The highest BCUT2D eigenvalue weighted by atomic mass is 35.5. The number of aromatic nitrogens is 3. The number of benzene rings is 2. The molecule has 42 heavy (non-hydrogen) atoms. The van der Waals surface area contributed by atoms with E-state index in [0.717, 1.165) is 12.1 Å². The van der Waals surface area contributed by atoms with E-state index < -0.39 is 59.0 Å². The molecule has 4 aromatic rings. The van der Waals surface area contributed by atoms with Gasteiger partial charge in [0.2, 0.25) is 5.82 Å². The molecule has 0 spiro atoms. The Hall–Kier alpha value is -4.65. The van der Waals surface area contributed by atoms with Crippen molar-refractivity contribution in [2.45, 2.75) is 32.5 Å². The number of carbonyl (C=O) groups excluding carboxylic acids is 3. The third-order valence-corrected chi connectivity index (χ3v) is 6.40. The summed E-state index contributed by atoms with van der Waals surface area (Å²) < 4.78 is 69.3. The number of pyridine rings is 1. The van der Waals surface area contributed by atoms with E-state index in [9.17, 15) is 36.3 Å². The van der Waals surface area contributed by atoms with Crippen LogP contribution in [-0.2, 0) is 17.5 Å². The van der Waals surface area contributed by atoms with Crippen LogP contribution in [0.25, 0.3) is 0 Å². The van der Waals surface area contributed by atoms with Gasteiger partial charge in [-0.25, -0.2) is 18.7 Å². The number of halogens is 6. The fourth-order valence-electron chi connectivity index (χ4n) is 4.22. The Morgan fingerprint density at radius 3 is 2.36 bits per heavy atom. The molecule has 0 saturated carbocycles. The summed E-state index contributed by atoms with van der Waals surface area (Å²) in [5.74, 6) is -5.96. The average Bonchev–Trinajstić information content (AvgIpc) is 3.26. The van der Waals surface area contributed by atoms with Gasteiger partial charge in [-0.3, -0.25) is 14.4 Å². The molecule has 0 radical (unpaired) electrons. The van der Waals surface area contributed by atoms with Crippen molar-refractivity contribution in [3.8, 4) is 0 Å². The maximum absolute atomic E-state index is 14.2. The molecule has 2 aromatic carbocycles. The fraction of sp³-hybridized carbons (Fsp3) is 0.179. The zero-order valence-electron chi connectivity index (χ0n) is 21.9. The van der Waals surface area contributed by atoms with E-state index >= 15 is 0 Å². The first-order chi connectivity index (χ1) is 19.7. The predicted molar refractivity (Wildman–Crippen MR) is 143 cm³/mol. The molecule has 2 aromatic heterocycles. The predicted octanol–water partition coefficient (Wildman–Crippen LogP) is 6.47. The van der Waals surface area contributed by atoms with E-state index in [1.165, 1.54) is 36.7 Å². The van der Waals surface area contributed by atoms with Crippen LogP contribution in [0.1, 0.15) is 57.6 Å². The quantitative estimate of drug-likeness (QED) is 0.224. The number of rotatable bonds is 8. The van der Waals surface area contributed by atoms with E-state index in [4.69, 9.17) is 11.6 Å². The topological polar surface area (TPSA) is 106 Å². The molecule has 14 heteroatoms. The number of nitrogens with one attached hydrogen (secondary N) is 2. The second-order valence-electron chi connectivity index (χ2n) is 9.19. The van der Waals surface area contributed by atoms with Crippen LogP contribution in [0.3, 0.4) is 0 Å². The van der Waals surface area contributed by atoms with Gasteiger partial charge in [0.1, 0.15) is 23.2 Å². The fourth-order valence-corrected chi connectivity index (χ4v) is 4.50. The van der Waals surface area contributed by atoms with E-state index in [-0.39, 0.29) is 39.8 Å². The van der Waals surface area contributed by atoms with Crippen molar-refractivity contribution in [2.24, 2.45) is 0 Å². The number of nitrogens with zero attached hydrogens (tertiary/aromatic N) is 3. The van der Waals surface area contributed by atoms with Crippen molar-refractivity contribution >= 4 is 40.8 Å². The maximum Gasteiger partial charge on any atom is 0.416 e. The third-order valence-electron chi connectivity index (χ3n) is 6.05. The zero-order chi connectivity index (χ0) is 30.8. The van der Waals surface area contributed by atoms with E-state index in [1.54, 1.807) is 12.1 Å². The first-order valence-electron chi connectivity index (χ1n) is 12.2. The lowest BCUT2D eigenvalue weighted by Gasteiger charge is -2.19. The van der Waals surface area contributed by atoms with Crippen molar-refractivity contribution in [1.82, 2.24) is 14.5 Å². The lowest BCUT2D eigenvalue weighted by atomic mass is 9.96. The first-order valence-corrected chi connectivity index (χ1v) is 12.6. The lowest BCUT2D eigenvalue weighted by molar-refractivity contribution is -0.137. The van der Waals surface area contributed by atoms with E-state index in [0.29, 0.717) is 12.1 Å². The summed E-state index contributed by atoms with van der Waals surface area (Å²) in [5.41, 5.74) is -1.89. The van der Waals surface area contributed by atoms with Crippen LogP contribution in [0, 0.1) is 11.6 Å². The number of anilines is 2. The van der Waals surface area contributed by atoms with Gasteiger partial charge in [-0.2, -0.15) is 13.2 Å². The van der Waals surface area contributed by atoms with Crippen molar-refractivity contribution in [1.29, 1.82) is 0 Å². The molecular formula is C28H21ClF5N5O3. The summed E-state index contributed by atoms with van der Waals surface area (Å²) in [6.07, 6.45) is -3.53. The molecule has 0 saturated heterocycles. The molecule has 1 atom stereocenters. The minimum absolute atomic E-state index is 0.00432. The summed E-state index contributed by atoms with van der Waals surface area (Å²) >= 11 is 6.32. The van der Waals surface area contributed by atoms with Gasteiger partial charge in [-0.05, 0) is 61.0 Å². The van der Waals surface area contributed by atoms with Crippen LogP contribution in [0.2, 0.25) is 5.02 Å².